The van der Waals surface area contributed by atoms with Crippen LogP contribution >= 0.6 is 35.0 Å². The van der Waals surface area contributed by atoms with Crippen LogP contribution in [0.2, 0.25) is 10.0 Å². The van der Waals surface area contributed by atoms with E-state index in [0.29, 0.717) is 26.7 Å². The lowest BCUT2D eigenvalue weighted by Crippen LogP contribution is -2.14. The Morgan fingerprint density at radius 2 is 2.18 bits per heavy atom. The quantitative estimate of drug-likeness (QED) is 0.729. The molecule has 0 unspecified atom stereocenters. The van der Waals surface area contributed by atoms with E-state index in [1.54, 1.807) is 41.2 Å². The first-order valence-corrected chi connectivity index (χ1v) is 7.91. The minimum Gasteiger partial charge on any atom is -0.325 e. The summed E-state index contributed by atoms with van der Waals surface area (Å²) in [6.45, 7) is 0. The van der Waals surface area contributed by atoms with E-state index in [1.165, 1.54) is 11.8 Å². The van der Waals surface area contributed by atoms with Gasteiger partial charge in [-0.05, 0) is 24.3 Å². The van der Waals surface area contributed by atoms with E-state index in [9.17, 15) is 4.79 Å². The van der Waals surface area contributed by atoms with Gasteiger partial charge in [-0.3, -0.25) is 4.79 Å². The summed E-state index contributed by atoms with van der Waals surface area (Å²) < 4.78 is 1.55. The third kappa shape index (κ3) is 3.49. The topological polar surface area (TPSA) is 72.2 Å². The molecule has 0 saturated heterocycles. The Labute approximate surface area is 139 Å². The number of fused-ring (bicyclic) bond motifs is 1. The fourth-order valence-electron chi connectivity index (χ4n) is 1.68. The van der Waals surface area contributed by atoms with Crippen LogP contribution in [0.5, 0.6) is 0 Å². The van der Waals surface area contributed by atoms with Crippen molar-refractivity contribution >= 4 is 52.3 Å². The second kappa shape index (κ2) is 6.51. The molecule has 1 aromatic carbocycles. The SMILES string of the molecule is O=C(CSc1nc2ncccn2n1)Nc1ccc(Cl)c(Cl)c1. The van der Waals surface area contributed by atoms with Crippen molar-refractivity contribution in [2.75, 3.05) is 11.1 Å². The molecule has 1 N–H and O–H groups in total. The van der Waals surface area contributed by atoms with Crippen LogP contribution in [0.4, 0.5) is 5.69 Å². The second-order valence-electron chi connectivity index (χ2n) is 4.22. The zero-order chi connectivity index (χ0) is 15.5. The maximum Gasteiger partial charge on any atom is 0.253 e. The molecule has 22 heavy (non-hydrogen) atoms. The van der Waals surface area contributed by atoms with Gasteiger partial charge in [0.05, 0.1) is 15.8 Å². The van der Waals surface area contributed by atoms with Gasteiger partial charge >= 0.3 is 0 Å². The van der Waals surface area contributed by atoms with Crippen molar-refractivity contribution in [3.8, 4) is 0 Å². The Morgan fingerprint density at radius 1 is 1.32 bits per heavy atom. The van der Waals surface area contributed by atoms with E-state index in [0.717, 1.165) is 0 Å². The third-order valence-corrected chi connectivity index (χ3v) is 4.21. The zero-order valence-corrected chi connectivity index (χ0v) is 13.4. The number of aromatic nitrogens is 4. The van der Waals surface area contributed by atoms with Crippen LogP contribution in [0.25, 0.3) is 5.78 Å². The van der Waals surface area contributed by atoms with Crippen LogP contribution in [0.1, 0.15) is 0 Å². The summed E-state index contributed by atoms with van der Waals surface area (Å²) in [5, 5.41) is 8.26. The number of nitrogens with zero attached hydrogens (tertiary/aromatic N) is 4. The van der Waals surface area contributed by atoms with Crippen molar-refractivity contribution in [2.45, 2.75) is 5.16 Å². The van der Waals surface area contributed by atoms with E-state index in [-0.39, 0.29) is 11.7 Å². The summed E-state index contributed by atoms with van der Waals surface area (Å²) in [6, 6.07) is 6.67. The Hall–Kier alpha value is -1.83. The van der Waals surface area contributed by atoms with Crippen molar-refractivity contribution in [3.63, 3.8) is 0 Å². The van der Waals surface area contributed by atoms with Crippen molar-refractivity contribution in [1.29, 1.82) is 0 Å². The van der Waals surface area contributed by atoms with E-state index in [1.807, 2.05) is 0 Å². The van der Waals surface area contributed by atoms with Crippen LogP contribution in [0.15, 0.2) is 41.8 Å². The first kappa shape index (κ1) is 15.1. The standard InChI is InChI=1S/C13H9Cl2N5OS/c14-9-3-2-8(6-10(9)15)17-11(21)7-22-13-18-12-16-4-1-5-20(12)19-13/h1-6H,7H2,(H,17,21). The molecule has 0 aliphatic carbocycles. The predicted molar refractivity (Wildman–Crippen MR) is 86.6 cm³/mol. The molecule has 3 rings (SSSR count). The Morgan fingerprint density at radius 3 is 2.95 bits per heavy atom. The second-order valence-corrected chi connectivity index (χ2v) is 5.98. The fraction of sp³-hybridized carbons (Fsp3) is 0.0769. The Bertz CT molecular complexity index is 805. The molecule has 2 aromatic heterocycles. The maximum atomic E-state index is 11.9. The lowest BCUT2D eigenvalue weighted by molar-refractivity contribution is -0.113. The van der Waals surface area contributed by atoms with Crippen molar-refractivity contribution in [1.82, 2.24) is 19.6 Å². The largest absolute Gasteiger partial charge is 0.325 e. The lowest BCUT2D eigenvalue weighted by Gasteiger charge is -2.05. The minimum absolute atomic E-state index is 0.178. The van der Waals surface area contributed by atoms with E-state index >= 15 is 0 Å². The van der Waals surface area contributed by atoms with Gasteiger partial charge in [0, 0.05) is 18.1 Å². The van der Waals surface area contributed by atoms with Crippen LogP contribution in [-0.2, 0) is 4.79 Å². The van der Waals surface area contributed by atoms with Crippen LogP contribution in [0, 0.1) is 0 Å². The van der Waals surface area contributed by atoms with E-state index < -0.39 is 0 Å². The van der Waals surface area contributed by atoms with Gasteiger partial charge in [-0.1, -0.05) is 35.0 Å². The van der Waals surface area contributed by atoms with Gasteiger partial charge in [0.25, 0.3) is 5.78 Å². The molecule has 0 bridgehead atoms. The van der Waals surface area contributed by atoms with E-state index in [2.05, 4.69) is 20.4 Å². The molecule has 3 aromatic rings. The lowest BCUT2D eigenvalue weighted by atomic mass is 10.3. The predicted octanol–water partition coefficient (Wildman–Crippen LogP) is 3.16. The zero-order valence-electron chi connectivity index (χ0n) is 11.0. The smallest absolute Gasteiger partial charge is 0.253 e. The van der Waals surface area contributed by atoms with Gasteiger partial charge in [-0.2, -0.15) is 4.98 Å². The van der Waals surface area contributed by atoms with Gasteiger partial charge in [0.2, 0.25) is 11.1 Å². The number of halogens is 2. The van der Waals surface area contributed by atoms with Crippen LogP contribution in [-0.4, -0.2) is 31.2 Å². The monoisotopic (exact) mass is 353 g/mol. The maximum absolute atomic E-state index is 11.9. The Kier molecular flexibility index (Phi) is 4.47. The molecule has 1 amide bonds. The molecule has 0 aliphatic heterocycles. The normalized spacial score (nSPS) is 10.8. The molecular formula is C13H9Cl2N5OS. The number of hydrogen-bond donors (Lipinski definition) is 1. The number of hydrogen-bond acceptors (Lipinski definition) is 5. The third-order valence-electron chi connectivity index (χ3n) is 2.63. The number of rotatable bonds is 4. The highest BCUT2D eigenvalue weighted by molar-refractivity contribution is 7.99. The van der Waals surface area contributed by atoms with Crippen LogP contribution < -0.4 is 5.32 Å². The number of carbonyl (C=O) groups is 1. The van der Waals surface area contributed by atoms with Gasteiger partial charge < -0.3 is 5.32 Å². The first-order valence-electron chi connectivity index (χ1n) is 6.17. The number of benzene rings is 1. The van der Waals surface area contributed by atoms with Gasteiger partial charge in [0.1, 0.15) is 0 Å². The molecule has 0 radical (unpaired) electrons. The molecule has 9 heteroatoms. The Balaban J connectivity index is 1.60. The molecule has 112 valence electrons. The van der Waals surface area contributed by atoms with Gasteiger partial charge in [-0.25, -0.2) is 9.50 Å². The molecule has 0 atom stereocenters. The van der Waals surface area contributed by atoms with Crippen LogP contribution in [0.3, 0.4) is 0 Å². The molecule has 6 nitrogen and oxygen atoms in total. The van der Waals surface area contributed by atoms with Crippen molar-refractivity contribution in [2.24, 2.45) is 0 Å². The number of carbonyl (C=O) groups excluding carboxylic acids is 1. The van der Waals surface area contributed by atoms with Crippen molar-refractivity contribution < 1.29 is 4.79 Å². The molecule has 0 saturated carbocycles. The first-order chi connectivity index (χ1) is 10.6. The molecular weight excluding hydrogens is 345 g/mol. The molecule has 2 heterocycles. The highest BCUT2D eigenvalue weighted by atomic mass is 35.5. The summed E-state index contributed by atoms with van der Waals surface area (Å²) in [6.07, 6.45) is 3.38. The number of nitrogens with one attached hydrogen (secondary N) is 1. The summed E-state index contributed by atoms with van der Waals surface area (Å²) >= 11 is 12.9. The number of anilines is 1. The van der Waals surface area contributed by atoms with Gasteiger partial charge in [0.15, 0.2) is 0 Å². The van der Waals surface area contributed by atoms with E-state index in [4.69, 9.17) is 23.2 Å². The summed E-state index contributed by atoms with van der Waals surface area (Å²) in [5.41, 5.74) is 0.588. The number of amides is 1. The number of thioether (sulfide) groups is 1. The molecule has 0 fully saturated rings. The molecule has 0 aliphatic rings. The highest BCUT2D eigenvalue weighted by Crippen LogP contribution is 2.25. The van der Waals surface area contributed by atoms with Crippen molar-refractivity contribution in [3.05, 3.63) is 46.7 Å². The summed E-state index contributed by atoms with van der Waals surface area (Å²) in [7, 11) is 0. The average Bonchev–Trinajstić information content (AvgIpc) is 2.92. The van der Waals surface area contributed by atoms with Gasteiger partial charge in [-0.15, -0.1) is 5.10 Å². The fourth-order valence-corrected chi connectivity index (χ4v) is 2.60. The summed E-state index contributed by atoms with van der Waals surface area (Å²) in [5.74, 6) is 0.488. The molecule has 0 spiro atoms. The average molecular weight is 354 g/mol. The minimum atomic E-state index is -0.185. The highest BCUT2D eigenvalue weighted by Gasteiger charge is 2.09. The summed E-state index contributed by atoms with van der Waals surface area (Å²) in [4.78, 5) is 20.2.